The Bertz CT molecular complexity index is 784. The third kappa shape index (κ3) is 4.05. The van der Waals surface area contributed by atoms with Crippen LogP contribution in [0.25, 0.3) is 0 Å². The van der Waals surface area contributed by atoms with Gasteiger partial charge in [0.05, 0.1) is 5.41 Å². The maximum atomic E-state index is 13.2. The molecule has 0 spiro atoms. The zero-order valence-corrected chi connectivity index (χ0v) is 14.9. The molecule has 6 heteroatoms. The first-order valence-electron chi connectivity index (χ1n) is 8.48. The smallest absolute Gasteiger partial charge is 0.317 e. The molecule has 3 rings (SSSR count). The molecule has 1 aliphatic rings. The minimum atomic E-state index is -0.797. The molecule has 0 radical (unpaired) electrons. The minimum absolute atomic E-state index is 0.349. The molecule has 0 bridgehead atoms. The minimum Gasteiger partial charge on any atom is -0.455 e. The van der Waals surface area contributed by atoms with Gasteiger partial charge in [0.1, 0.15) is 5.82 Å². The fourth-order valence-corrected chi connectivity index (χ4v) is 3.48. The van der Waals surface area contributed by atoms with Gasteiger partial charge in [0.2, 0.25) is 0 Å². The number of benzene rings is 2. The molecular weight excluding hydrogens is 357 g/mol. The Morgan fingerprint density at radius 3 is 2.27 bits per heavy atom. The number of nitrogens with one attached hydrogen (secondary N) is 1. The highest BCUT2D eigenvalue weighted by atomic mass is 35.5. The molecule has 26 heavy (non-hydrogen) atoms. The highest BCUT2D eigenvalue weighted by Gasteiger charge is 2.44. The standard InChI is InChI=1S/C20H19ClFNO3/c21-15-5-9-17(10-6-15)23-18(24)13-26-19(25)20(11-1-2-12-20)14-3-7-16(22)8-4-14/h3-10H,1-2,11-13H2,(H,23,24). The molecule has 0 unspecified atom stereocenters. The van der Waals surface area contributed by atoms with E-state index in [2.05, 4.69) is 5.32 Å². The molecule has 0 heterocycles. The van der Waals surface area contributed by atoms with Crippen LogP contribution in [0.1, 0.15) is 31.2 Å². The maximum Gasteiger partial charge on any atom is 0.317 e. The van der Waals surface area contributed by atoms with Gasteiger partial charge >= 0.3 is 5.97 Å². The molecular formula is C20H19ClFNO3. The lowest BCUT2D eigenvalue weighted by atomic mass is 9.79. The summed E-state index contributed by atoms with van der Waals surface area (Å²) in [5.74, 6) is -1.21. The molecule has 1 N–H and O–H groups in total. The summed E-state index contributed by atoms with van der Waals surface area (Å²) in [5, 5.41) is 3.22. The number of carbonyl (C=O) groups is 2. The zero-order chi connectivity index (χ0) is 18.6. The van der Waals surface area contributed by atoms with Crippen molar-refractivity contribution in [3.63, 3.8) is 0 Å². The summed E-state index contributed by atoms with van der Waals surface area (Å²) in [5.41, 5.74) is 0.512. The maximum absolute atomic E-state index is 13.2. The van der Waals surface area contributed by atoms with Gasteiger partial charge < -0.3 is 10.1 Å². The van der Waals surface area contributed by atoms with E-state index in [1.54, 1.807) is 36.4 Å². The van der Waals surface area contributed by atoms with Crippen LogP contribution in [0.5, 0.6) is 0 Å². The Morgan fingerprint density at radius 1 is 1.04 bits per heavy atom. The molecule has 2 aromatic rings. The fraction of sp³-hybridized carbons (Fsp3) is 0.300. The van der Waals surface area contributed by atoms with Gasteiger partial charge in [0, 0.05) is 10.7 Å². The van der Waals surface area contributed by atoms with E-state index in [1.165, 1.54) is 12.1 Å². The Hall–Kier alpha value is -2.40. The third-order valence-electron chi connectivity index (χ3n) is 4.71. The molecule has 1 saturated carbocycles. The monoisotopic (exact) mass is 375 g/mol. The average molecular weight is 376 g/mol. The van der Waals surface area contributed by atoms with Crippen LogP contribution in [0.15, 0.2) is 48.5 Å². The molecule has 0 aliphatic heterocycles. The van der Waals surface area contributed by atoms with Crippen LogP contribution in [-0.2, 0) is 19.7 Å². The van der Waals surface area contributed by atoms with Crippen molar-refractivity contribution < 1.29 is 18.7 Å². The molecule has 4 nitrogen and oxygen atoms in total. The van der Waals surface area contributed by atoms with Gasteiger partial charge in [-0.05, 0) is 54.8 Å². The van der Waals surface area contributed by atoms with Crippen LogP contribution in [0.3, 0.4) is 0 Å². The molecule has 0 aromatic heterocycles. The number of carbonyl (C=O) groups excluding carboxylic acids is 2. The summed E-state index contributed by atoms with van der Waals surface area (Å²) in [6.07, 6.45) is 3.05. The predicted octanol–water partition coefficient (Wildman–Crippen LogP) is 4.47. The first-order chi connectivity index (χ1) is 12.5. The van der Waals surface area contributed by atoms with E-state index in [9.17, 15) is 14.0 Å². The summed E-state index contributed by atoms with van der Waals surface area (Å²) < 4.78 is 18.5. The Labute approximate surface area is 156 Å². The highest BCUT2D eigenvalue weighted by molar-refractivity contribution is 6.30. The van der Waals surface area contributed by atoms with E-state index in [0.717, 1.165) is 18.4 Å². The van der Waals surface area contributed by atoms with Gasteiger partial charge in [-0.3, -0.25) is 9.59 Å². The van der Waals surface area contributed by atoms with Gasteiger partial charge in [-0.2, -0.15) is 0 Å². The van der Waals surface area contributed by atoms with Gasteiger partial charge in [0.25, 0.3) is 5.91 Å². The van der Waals surface area contributed by atoms with Crippen molar-refractivity contribution in [1.82, 2.24) is 0 Å². The van der Waals surface area contributed by atoms with Crippen LogP contribution < -0.4 is 5.32 Å². The van der Waals surface area contributed by atoms with E-state index in [-0.39, 0.29) is 12.4 Å². The summed E-state index contributed by atoms with van der Waals surface area (Å²) in [4.78, 5) is 24.8. The number of amides is 1. The van der Waals surface area contributed by atoms with Gasteiger partial charge in [0.15, 0.2) is 6.61 Å². The number of anilines is 1. The lowest BCUT2D eigenvalue weighted by Gasteiger charge is -2.27. The van der Waals surface area contributed by atoms with Crippen molar-refractivity contribution in [3.05, 3.63) is 64.9 Å². The van der Waals surface area contributed by atoms with Crippen LogP contribution in [0.2, 0.25) is 5.02 Å². The Morgan fingerprint density at radius 2 is 1.65 bits per heavy atom. The molecule has 0 atom stereocenters. The highest BCUT2D eigenvalue weighted by Crippen LogP contribution is 2.42. The van der Waals surface area contributed by atoms with E-state index >= 15 is 0 Å². The van der Waals surface area contributed by atoms with E-state index < -0.39 is 17.3 Å². The first kappa shape index (κ1) is 18.4. The average Bonchev–Trinajstić information content (AvgIpc) is 3.13. The van der Waals surface area contributed by atoms with Crippen molar-refractivity contribution in [1.29, 1.82) is 0 Å². The van der Waals surface area contributed by atoms with Gasteiger partial charge in [-0.15, -0.1) is 0 Å². The van der Waals surface area contributed by atoms with Gasteiger partial charge in [-0.25, -0.2) is 4.39 Å². The molecule has 1 aliphatic carbocycles. The Kier molecular flexibility index (Phi) is 5.57. The van der Waals surface area contributed by atoms with Crippen molar-refractivity contribution in [2.24, 2.45) is 0 Å². The number of hydrogen-bond acceptors (Lipinski definition) is 3. The number of esters is 1. The van der Waals surface area contributed by atoms with Crippen molar-refractivity contribution in [2.45, 2.75) is 31.1 Å². The van der Waals surface area contributed by atoms with E-state index in [4.69, 9.17) is 16.3 Å². The van der Waals surface area contributed by atoms with Crippen LogP contribution >= 0.6 is 11.6 Å². The Balaban J connectivity index is 1.64. The second-order valence-corrected chi connectivity index (χ2v) is 6.86. The summed E-state index contributed by atoms with van der Waals surface area (Å²) >= 11 is 5.80. The molecule has 2 aromatic carbocycles. The normalized spacial score (nSPS) is 15.5. The largest absolute Gasteiger partial charge is 0.455 e. The van der Waals surface area contributed by atoms with E-state index in [1.807, 2.05) is 0 Å². The van der Waals surface area contributed by atoms with Crippen LogP contribution in [-0.4, -0.2) is 18.5 Å². The fourth-order valence-electron chi connectivity index (χ4n) is 3.36. The lowest BCUT2D eigenvalue weighted by Crippen LogP contribution is -2.36. The first-order valence-corrected chi connectivity index (χ1v) is 8.86. The second kappa shape index (κ2) is 7.87. The van der Waals surface area contributed by atoms with E-state index in [0.29, 0.717) is 23.6 Å². The topological polar surface area (TPSA) is 55.4 Å². The summed E-state index contributed by atoms with van der Waals surface area (Å²) in [6.45, 7) is -0.371. The third-order valence-corrected chi connectivity index (χ3v) is 4.96. The van der Waals surface area contributed by atoms with Crippen molar-refractivity contribution >= 4 is 29.2 Å². The molecule has 0 saturated heterocycles. The molecule has 1 amide bonds. The van der Waals surface area contributed by atoms with Crippen molar-refractivity contribution in [2.75, 3.05) is 11.9 Å². The SMILES string of the molecule is O=C(COC(=O)C1(c2ccc(F)cc2)CCCC1)Nc1ccc(Cl)cc1. The number of hydrogen-bond donors (Lipinski definition) is 1. The number of rotatable bonds is 5. The second-order valence-electron chi connectivity index (χ2n) is 6.43. The number of ether oxygens (including phenoxy) is 1. The summed E-state index contributed by atoms with van der Waals surface area (Å²) in [6, 6.07) is 12.6. The van der Waals surface area contributed by atoms with Gasteiger partial charge in [-0.1, -0.05) is 36.6 Å². The van der Waals surface area contributed by atoms with Crippen LogP contribution in [0, 0.1) is 5.82 Å². The molecule has 1 fully saturated rings. The number of halogens is 2. The molecule has 136 valence electrons. The lowest BCUT2D eigenvalue weighted by molar-refractivity contribution is -0.153. The predicted molar refractivity (Wildman–Crippen MR) is 97.6 cm³/mol. The zero-order valence-electron chi connectivity index (χ0n) is 14.1. The summed E-state index contributed by atoms with van der Waals surface area (Å²) in [7, 11) is 0. The van der Waals surface area contributed by atoms with Crippen molar-refractivity contribution in [3.8, 4) is 0 Å². The quantitative estimate of drug-likeness (QED) is 0.784. The van der Waals surface area contributed by atoms with Crippen LogP contribution in [0.4, 0.5) is 10.1 Å².